The molecule has 22 heavy (non-hydrogen) atoms. The number of nitrogens with one attached hydrogen (secondary N) is 1. The first-order chi connectivity index (χ1) is 10.5. The molecular formula is C18H28N2O2. The number of anilines is 1. The minimum atomic E-state index is -0.820. The Bertz CT molecular complexity index is 476. The fourth-order valence-electron chi connectivity index (χ4n) is 2.86. The Morgan fingerprint density at radius 1 is 1.32 bits per heavy atom. The van der Waals surface area contributed by atoms with Crippen LogP contribution in [0.15, 0.2) is 24.3 Å². The normalized spacial score (nSPS) is 18.1. The van der Waals surface area contributed by atoms with Crippen LogP contribution in [0.1, 0.15) is 57.9 Å². The van der Waals surface area contributed by atoms with Crippen LogP contribution in [0.3, 0.4) is 0 Å². The molecule has 1 saturated carbocycles. The number of ether oxygens (including phenoxy) is 1. The molecule has 0 bridgehead atoms. The van der Waals surface area contributed by atoms with E-state index in [4.69, 9.17) is 10.5 Å². The van der Waals surface area contributed by atoms with Gasteiger partial charge in [0.05, 0.1) is 18.2 Å². The molecule has 1 aliphatic carbocycles. The lowest BCUT2D eigenvalue weighted by atomic mass is 9.96. The van der Waals surface area contributed by atoms with Gasteiger partial charge in [0.1, 0.15) is 0 Å². The molecule has 3 N–H and O–H groups in total. The maximum Gasteiger partial charge on any atom is 0.244 e. The summed E-state index contributed by atoms with van der Waals surface area (Å²) in [7, 11) is 0. The van der Waals surface area contributed by atoms with Crippen molar-refractivity contribution < 1.29 is 9.53 Å². The zero-order valence-electron chi connectivity index (χ0n) is 13.7. The molecule has 1 aliphatic rings. The van der Waals surface area contributed by atoms with Gasteiger partial charge in [-0.1, -0.05) is 38.3 Å². The van der Waals surface area contributed by atoms with Crippen molar-refractivity contribution in [3.8, 4) is 0 Å². The third-order valence-electron chi connectivity index (χ3n) is 4.29. The lowest BCUT2D eigenvalue weighted by Crippen LogP contribution is -2.48. The SMILES string of the molecule is CCCC(C)(N)C(=O)Nc1ccc(COC2CCCC2)cc1. The zero-order chi connectivity index (χ0) is 16.0. The maximum absolute atomic E-state index is 12.1. The van der Waals surface area contributed by atoms with Crippen LogP contribution in [0, 0.1) is 0 Å². The molecule has 2 rings (SSSR count). The van der Waals surface area contributed by atoms with Crippen LogP contribution in [0.25, 0.3) is 0 Å². The third-order valence-corrected chi connectivity index (χ3v) is 4.29. The predicted octanol–water partition coefficient (Wildman–Crippen LogP) is 3.60. The van der Waals surface area contributed by atoms with E-state index < -0.39 is 5.54 Å². The topological polar surface area (TPSA) is 64.4 Å². The van der Waals surface area contributed by atoms with E-state index in [9.17, 15) is 4.79 Å². The predicted molar refractivity (Wildman–Crippen MR) is 89.6 cm³/mol. The van der Waals surface area contributed by atoms with E-state index in [-0.39, 0.29) is 5.91 Å². The van der Waals surface area contributed by atoms with Gasteiger partial charge in [-0.15, -0.1) is 0 Å². The highest BCUT2D eigenvalue weighted by Crippen LogP contribution is 2.22. The number of carbonyl (C=O) groups is 1. The first-order valence-electron chi connectivity index (χ1n) is 8.32. The van der Waals surface area contributed by atoms with E-state index in [1.165, 1.54) is 25.7 Å². The Kier molecular flexibility index (Phi) is 5.98. The van der Waals surface area contributed by atoms with Gasteiger partial charge in [-0.05, 0) is 43.9 Å². The molecule has 0 saturated heterocycles. The highest BCUT2D eigenvalue weighted by Gasteiger charge is 2.27. The summed E-state index contributed by atoms with van der Waals surface area (Å²) in [6.07, 6.45) is 6.91. The standard InChI is InChI=1S/C18H28N2O2/c1-3-12-18(2,19)17(21)20-15-10-8-14(9-11-15)13-22-16-6-4-5-7-16/h8-11,16H,3-7,12-13,19H2,1-2H3,(H,20,21). The molecule has 4 heteroatoms. The summed E-state index contributed by atoms with van der Waals surface area (Å²) in [4.78, 5) is 12.1. The average Bonchev–Trinajstić information content (AvgIpc) is 3.00. The summed E-state index contributed by atoms with van der Waals surface area (Å²) >= 11 is 0. The average molecular weight is 304 g/mol. The second-order valence-electron chi connectivity index (χ2n) is 6.54. The molecule has 122 valence electrons. The summed E-state index contributed by atoms with van der Waals surface area (Å²) in [6, 6.07) is 7.82. The highest BCUT2D eigenvalue weighted by molar-refractivity contribution is 5.97. The summed E-state index contributed by atoms with van der Waals surface area (Å²) in [5.41, 5.74) is 7.13. The van der Waals surface area contributed by atoms with Crippen molar-refractivity contribution in [3.05, 3.63) is 29.8 Å². The van der Waals surface area contributed by atoms with Crippen molar-refractivity contribution in [2.75, 3.05) is 5.32 Å². The van der Waals surface area contributed by atoms with E-state index in [0.29, 0.717) is 19.1 Å². The lowest BCUT2D eigenvalue weighted by Gasteiger charge is -2.22. The zero-order valence-corrected chi connectivity index (χ0v) is 13.7. The van der Waals surface area contributed by atoms with Crippen LogP contribution < -0.4 is 11.1 Å². The number of nitrogens with two attached hydrogens (primary N) is 1. The monoisotopic (exact) mass is 304 g/mol. The number of hydrogen-bond donors (Lipinski definition) is 2. The first kappa shape index (κ1) is 17.0. The van der Waals surface area contributed by atoms with Crippen LogP contribution >= 0.6 is 0 Å². The number of carbonyl (C=O) groups excluding carboxylic acids is 1. The van der Waals surface area contributed by atoms with Gasteiger partial charge in [0.15, 0.2) is 0 Å². The summed E-state index contributed by atoms with van der Waals surface area (Å²) < 4.78 is 5.89. The molecule has 0 heterocycles. The molecule has 4 nitrogen and oxygen atoms in total. The van der Waals surface area contributed by atoms with E-state index in [2.05, 4.69) is 5.32 Å². The first-order valence-corrected chi connectivity index (χ1v) is 8.32. The minimum absolute atomic E-state index is 0.135. The van der Waals surface area contributed by atoms with Crippen LogP contribution in [-0.2, 0) is 16.1 Å². The Balaban J connectivity index is 1.84. The van der Waals surface area contributed by atoms with Crippen LogP contribution in [-0.4, -0.2) is 17.6 Å². The van der Waals surface area contributed by atoms with Gasteiger partial charge in [-0.2, -0.15) is 0 Å². The van der Waals surface area contributed by atoms with E-state index in [1.54, 1.807) is 6.92 Å². The van der Waals surface area contributed by atoms with E-state index in [1.807, 2.05) is 31.2 Å². The Hall–Kier alpha value is -1.39. The van der Waals surface area contributed by atoms with Crippen LogP contribution in [0.2, 0.25) is 0 Å². The van der Waals surface area contributed by atoms with Crippen molar-refractivity contribution in [1.29, 1.82) is 0 Å². The number of hydrogen-bond acceptors (Lipinski definition) is 3. The number of amides is 1. The second-order valence-corrected chi connectivity index (χ2v) is 6.54. The maximum atomic E-state index is 12.1. The molecule has 1 unspecified atom stereocenters. The molecule has 0 spiro atoms. The number of benzene rings is 1. The van der Waals surface area contributed by atoms with Crippen molar-refractivity contribution >= 4 is 11.6 Å². The van der Waals surface area contributed by atoms with Crippen molar-refractivity contribution in [3.63, 3.8) is 0 Å². The van der Waals surface area contributed by atoms with Crippen molar-refractivity contribution in [2.24, 2.45) is 5.73 Å². The van der Waals surface area contributed by atoms with Gasteiger partial charge in [0.25, 0.3) is 0 Å². The van der Waals surface area contributed by atoms with Crippen LogP contribution in [0.5, 0.6) is 0 Å². The Morgan fingerprint density at radius 2 is 1.95 bits per heavy atom. The van der Waals surface area contributed by atoms with Gasteiger partial charge in [0.2, 0.25) is 5.91 Å². The van der Waals surface area contributed by atoms with Crippen molar-refractivity contribution in [2.45, 2.75) is 70.6 Å². The molecule has 1 amide bonds. The summed E-state index contributed by atoms with van der Waals surface area (Å²) in [6.45, 7) is 4.44. The molecule has 1 atom stereocenters. The molecule has 0 radical (unpaired) electrons. The molecule has 1 fully saturated rings. The fraction of sp³-hybridized carbons (Fsp3) is 0.611. The Morgan fingerprint density at radius 3 is 2.55 bits per heavy atom. The summed E-state index contributed by atoms with van der Waals surface area (Å²) in [5, 5.41) is 2.89. The smallest absolute Gasteiger partial charge is 0.244 e. The second kappa shape index (κ2) is 7.75. The Labute approximate surface area is 133 Å². The molecule has 0 aromatic heterocycles. The van der Waals surface area contributed by atoms with Gasteiger partial charge in [0, 0.05) is 5.69 Å². The molecular weight excluding hydrogens is 276 g/mol. The highest BCUT2D eigenvalue weighted by atomic mass is 16.5. The van der Waals surface area contributed by atoms with E-state index >= 15 is 0 Å². The third kappa shape index (κ3) is 4.82. The lowest BCUT2D eigenvalue weighted by molar-refractivity contribution is -0.120. The van der Waals surface area contributed by atoms with Gasteiger partial charge >= 0.3 is 0 Å². The largest absolute Gasteiger partial charge is 0.374 e. The van der Waals surface area contributed by atoms with Crippen LogP contribution in [0.4, 0.5) is 5.69 Å². The molecule has 1 aromatic carbocycles. The van der Waals surface area contributed by atoms with Gasteiger partial charge < -0.3 is 15.8 Å². The van der Waals surface area contributed by atoms with Gasteiger partial charge in [-0.3, -0.25) is 4.79 Å². The van der Waals surface area contributed by atoms with E-state index in [0.717, 1.165) is 17.7 Å². The molecule has 1 aromatic rings. The molecule has 0 aliphatic heterocycles. The minimum Gasteiger partial charge on any atom is -0.374 e. The van der Waals surface area contributed by atoms with Gasteiger partial charge in [-0.25, -0.2) is 0 Å². The quantitative estimate of drug-likeness (QED) is 0.809. The summed E-state index contributed by atoms with van der Waals surface area (Å²) in [5.74, 6) is -0.135. The number of rotatable bonds is 7. The fourth-order valence-corrected chi connectivity index (χ4v) is 2.86. The van der Waals surface area contributed by atoms with Crippen molar-refractivity contribution in [1.82, 2.24) is 0 Å².